The topological polar surface area (TPSA) is 84.2 Å². The maximum atomic E-state index is 12.8. The van der Waals surface area contributed by atoms with Gasteiger partial charge in [-0.15, -0.1) is 0 Å². The molecule has 1 fully saturated rings. The first kappa shape index (κ1) is 15.2. The fraction of sp³-hybridized carbons (Fsp3) is 0.312. The van der Waals surface area contributed by atoms with E-state index in [1.54, 1.807) is 12.1 Å². The second-order valence-corrected chi connectivity index (χ2v) is 5.43. The van der Waals surface area contributed by atoms with E-state index in [1.807, 2.05) is 0 Å². The number of rotatable bonds is 6. The average molecular weight is 317 g/mol. The molecule has 0 saturated heterocycles. The van der Waals surface area contributed by atoms with Gasteiger partial charge >= 0.3 is 6.01 Å². The molecule has 2 amide bonds. The van der Waals surface area contributed by atoms with E-state index in [0.717, 1.165) is 18.4 Å². The van der Waals surface area contributed by atoms with Crippen LogP contribution in [0.2, 0.25) is 0 Å². The van der Waals surface area contributed by atoms with Crippen LogP contribution in [0.4, 0.5) is 10.4 Å². The number of carbonyl (C=O) groups is 2. The Morgan fingerprint density at radius 3 is 2.70 bits per heavy atom. The first-order chi connectivity index (χ1) is 11.1. The molecule has 7 heteroatoms. The number of nitrogens with zero attached hydrogens (tertiary/aromatic N) is 1. The fourth-order valence-electron chi connectivity index (χ4n) is 2.05. The Morgan fingerprint density at radius 2 is 2.00 bits per heavy atom. The van der Waals surface area contributed by atoms with Gasteiger partial charge in [-0.3, -0.25) is 14.9 Å². The number of nitrogens with one attached hydrogen (secondary N) is 2. The average Bonchev–Trinajstić information content (AvgIpc) is 3.29. The highest BCUT2D eigenvalue weighted by Crippen LogP contribution is 2.30. The summed E-state index contributed by atoms with van der Waals surface area (Å²) >= 11 is 0. The SMILES string of the molecule is O=C(NCCc1ccc(F)cc1)c1coc(NC(=O)C2CC2)n1. The van der Waals surface area contributed by atoms with E-state index in [4.69, 9.17) is 4.42 Å². The van der Waals surface area contributed by atoms with Crippen LogP contribution in [0.5, 0.6) is 0 Å². The molecule has 1 aromatic heterocycles. The molecule has 0 unspecified atom stereocenters. The maximum Gasteiger partial charge on any atom is 0.302 e. The summed E-state index contributed by atoms with van der Waals surface area (Å²) in [5.41, 5.74) is 1.03. The summed E-state index contributed by atoms with van der Waals surface area (Å²) < 4.78 is 17.9. The van der Waals surface area contributed by atoms with Gasteiger partial charge in [0.15, 0.2) is 5.69 Å². The first-order valence-corrected chi connectivity index (χ1v) is 7.41. The lowest BCUT2D eigenvalue weighted by molar-refractivity contribution is -0.117. The molecule has 3 rings (SSSR count). The third-order valence-electron chi connectivity index (χ3n) is 3.53. The van der Waals surface area contributed by atoms with Gasteiger partial charge < -0.3 is 9.73 Å². The molecule has 1 aromatic carbocycles. The highest BCUT2D eigenvalue weighted by atomic mass is 19.1. The van der Waals surface area contributed by atoms with Gasteiger partial charge in [-0.05, 0) is 37.0 Å². The van der Waals surface area contributed by atoms with Crippen molar-refractivity contribution in [1.29, 1.82) is 0 Å². The first-order valence-electron chi connectivity index (χ1n) is 7.41. The summed E-state index contributed by atoms with van der Waals surface area (Å²) in [5.74, 6) is -0.769. The zero-order valence-corrected chi connectivity index (χ0v) is 12.3. The fourth-order valence-corrected chi connectivity index (χ4v) is 2.05. The molecule has 1 aliphatic carbocycles. The smallest absolute Gasteiger partial charge is 0.302 e. The minimum Gasteiger partial charge on any atom is -0.431 e. The van der Waals surface area contributed by atoms with Crippen LogP contribution in [-0.4, -0.2) is 23.3 Å². The number of aromatic nitrogens is 1. The second kappa shape index (κ2) is 6.60. The van der Waals surface area contributed by atoms with Gasteiger partial charge in [-0.1, -0.05) is 12.1 Å². The van der Waals surface area contributed by atoms with Crippen molar-refractivity contribution in [1.82, 2.24) is 10.3 Å². The summed E-state index contributed by atoms with van der Waals surface area (Å²) in [6, 6.07) is 6.13. The zero-order chi connectivity index (χ0) is 16.2. The minimum atomic E-state index is -0.386. The molecule has 0 spiro atoms. The quantitative estimate of drug-likeness (QED) is 0.855. The van der Waals surface area contributed by atoms with Crippen LogP contribution < -0.4 is 10.6 Å². The predicted octanol–water partition coefficient (Wildman–Crippen LogP) is 2.13. The molecular weight excluding hydrogens is 301 g/mol. The van der Waals surface area contributed by atoms with Gasteiger partial charge in [-0.2, -0.15) is 4.98 Å². The lowest BCUT2D eigenvalue weighted by atomic mass is 10.1. The van der Waals surface area contributed by atoms with E-state index in [-0.39, 0.29) is 35.3 Å². The summed E-state index contributed by atoms with van der Waals surface area (Å²) in [5, 5.41) is 5.23. The Balaban J connectivity index is 1.47. The van der Waals surface area contributed by atoms with E-state index < -0.39 is 0 Å². The molecule has 6 nitrogen and oxygen atoms in total. The monoisotopic (exact) mass is 317 g/mol. The second-order valence-electron chi connectivity index (χ2n) is 5.43. The molecular formula is C16H16FN3O3. The number of hydrogen-bond donors (Lipinski definition) is 2. The summed E-state index contributed by atoms with van der Waals surface area (Å²) in [7, 11) is 0. The number of amides is 2. The van der Waals surface area contributed by atoms with E-state index in [2.05, 4.69) is 15.6 Å². The number of hydrogen-bond acceptors (Lipinski definition) is 4. The van der Waals surface area contributed by atoms with Gasteiger partial charge in [0.2, 0.25) is 5.91 Å². The highest BCUT2D eigenvalue weighted by molar-refractivity contribution is 5.94. The Bertz CT molecular complexity index is 708. The van der Waals surface area contributed by atoms with Crippen molar-refractivity contribution in [3.05, 3.63) is 47.6 Å². The number of benzene rings is 1. The molecule has 0 atom stereocenters. The number of carbonyl (C=O) groups excluding carboxylic acids is 2. The van der Waals surface area contributed by atoms with Crippen molar-refractivity contribution in [3.63, 3.8) is 0 Å². The molecule has 23 heavy (non-hydrogen) atoms. The van der Waals surface area contributed by atoms with Crippen LogP contribution in [0.25, 0.3) is 0 Å². The van der Waals surface area contributed by atoms with Crippen molar-refractivity contribution < 1.29 is 18.4 Å². The van der Waals surface area contributed by atoms with Gasteiger partial charge in [0.05, 0.1) is 0 Å². The molecule has 1 aliphatic rings. The normalized spacial score (nSPS) is 13.6. The molecule has 1 heterocycles. The van der Waals surface area contributed by atoms with Crippen LogP contribution in [0.15, 0.2) is 34.9 Å². The molecule has 0 bridgehead atoms. The lowest BCUT2D eigenvalue weighted by Gasteiger charge is -2.03. The van der Waals surface area contributed by atoms with Crippen molar-refractivity contribution in [2.75, 3.05) is 11.9 Å². The number of oxazole rings is 1. The Morgan fingerprint density at radius 1 is 1.26 bits per heavy atom. The van der Waals surface area contributed by atoms with Crippen LogP contribution >= 0.6 is 0 Å². The largest absolute Gasteiger partial charge is 0.431 e. The van der Waals surface area contributed by atoms with E-state index in [0.29, 0.717) is 13.0 Å². The predicted molar refractivity (Wildman–Crippen MR) is 80.3 cm³/mol. The Hall–Kier alpha value is -2.70. The van der Waals surface area contributed by atoms with Crippen LogP contribution in [0.1, 0.15) is 28.9 Å². The summed E-state index contributed by atoms with van der Waals surface area (Å²) in [6.07, 6.45) is 3.54. The van der Waals surface area contributed by atoms with Gasteiger partial charge in [0.1, 0.15) is 12.1 Å². The standard InChI is InChI=1S/C16H16FN3O3/c17-12-5-1-10(2-6-12)7-8-18-15(22)13-9-23-16(19-13)20-14(21)11-3-4-11/h1-2,5-6,9,11H,3-4,7-8H2,(H,18,22)(H,19,20,21). The molecule has 0 aliphatic heterocycles. The van der Waals surface area contributed by atoms with E-state index in [9.17, 15) is 14.0 Å². The third kappa shape index (κ3) is 4.15. The molecule has 1 saturated carbocycles. The maximum absolute atomic E-state index is 12.8. The number of halogens is 1. The zero-order valence-electron chi connectivity index (χ0n) is 12.3. The lowest BCUT2D eigenvalue weighted by Crippen LogP contribution is -2.26. The Kier molecular flexibility index (Phi) is 4.36. The molecule has 2 N–H and O–H groups in total. The van der Waals surface area contributed by atoms with Crippen LogP contribution in [0.3, 0.4) is 0 Å². The van der Waals surface area contributed by atoms with Crippen molar-refractivity contribution in [3.8, 4) is 0 Å². The summed E-state index contributed by atoms with van der Waals surface area (Å²) in [6.45, 7) is 0.390. The van der Waals surface area contributed by atoms with Crippen molar-refractivity contribution in [2.24, 2.45) is 5.92 Å². The van der Waals surface area contributed by atoms with Crippen molar-refractivity contribution >= 4 is 17.8 Å². The minimum absolute atomic E-state index is 0.0329. The molecule has 0 radical (unpaired) electrons. The van der Waals surface area contributed by atoms with E-state index in [1.165, 1.54) is 18.4 Å². The highest BCUT2D eigenvalue weighted by Gasteiger charge is 2.30. The number of anilines is 1. The molecule has 2 aromatic rings. The van der Waals surface area contributed by atoms with Gasteiger partial charge in [0.25, 0.3) is 5.91 Å². The summed E-state index contributed by atoms with van der Waals surface area (Å²) in [4.78, 5) is 27.4. The van der Waals surface area contributed by atoms with Crippen LogP contribution in [0, 0.1) is 11.7 Å². The van der Waals surface area contributed by atoms with Gasteiger partial charge in [0, 0.05) is 12.5 Å². The van der Waals surface area contributed by atoms with Crippen LogP contribution in [-0.2, 0) is 11.2 Å². The third-order valence-corrected chi connectivity index (χ3v) is 3.53. The molecule has 120 valence electrons. The van der Waals surface area contributed by atoms with Crippen molar-refractivity contribution in [2.45, 2.75) is 19.3 Å². The van der Waals surface area contributed by atoms with Gasteiger partial charge in [-0.25, -0.2) is 4.39 Å². The van der Waals surface area contributed by atoms with E-state index >= 15 is 0 Å². The Labute approximate surface area is 132 Å².